The maximum absolute atomic E-state index is 14.9. The van der Waals surface area contributed by atoms with Gasteiger partial charge in [0, 0.05) is 42.4 Å². The van der Waals surface area contributed by atoms with Crippen molar-refractivity contribution in [3.05, 3.63) is 88.3 Å². The molecule has 1 fully saturated rings. The Morgan fingerprint density at radius 2 is 2.03 bits per heavy atom. The molecule has 9 nitrogen and oxygen atoms in total. The average molecular weight is 550 g/mol. The Hall–Kier alpha value is -4.30. The molecule has 0 radical (unpaired) electrons. The summed E-state index contributed by atoms with van der Waals surface area (Å²) in [6.45, 7) is 1.76. The van der Waals surface area contributed by atoms with Gasteiger partial charge in [0.25, 0.3) is 5.91 Å². The molecule has 0 spiro atoms. The summed E-state index contributed by atoms with van der Waals surface area (Å²) in [7, 11) is 1.78. The fourth-order valence-electron chi connectivity index (χ4n) is 3.63. The van der Waals surface area contributed by atoms with Crippen LogP contribution in [-0.4, -0.2) is 61.2 Å². The molecule has 3 amide bonds. The fraction of sp³-hybridized carbons (Fsp3) is 0.214. The number of terminal acetylenes is 1. The topological polar surface area (TPSA) is 96.4 Å². The minimum Gasteiger partial charge on any atom is -0.350 e. The molecule has 2 aromatic carbocycles. The molecule has 0 unspecified atom stereocenters. The number of nitrogens with zero attached hydrogens (tertiary/aromatic N) is 4. The number of hydrogen-bond acceptors (Lipinski definition) is 7. The van der Waals surface area contributed by atoms with Crippen LogP contribution in [-0.2, 0) is 9.47 Å². The van der Waals surface area contributed by atoms with E-state index < -0.39 is 17.8 Å². The third-order valence-electron chi connectivity index (χ3n) is 5.64. The number of carbonyl (C=O) groups excluding carboxylic acids is 2. The first-order valence-corrected chi connectivity index (χ1v) is 12.3. The van der Waals surface area contributed by atoms with Crippen molar-refractivity contribution in [2.75, 3.05) is 37.0 Å². The van der Waals surface area contributed by atoms with Crippen molar-refractivity contribution in [2.24, 2.45) is 5.10 Å². The van der Waals surface area contributed by atoms with Crippen molar-refractivity contribution in [2.45, 2.75) is 12.7 Å². The molecular formula is C28H25ClFN5O4. The fourth-order valence-corrected chi connectivity index (χ4v) is 3.82. The molecule has 1 saturated heterocycles. The Kier molecular flexibility index (Phi) is 9.22. The zero-order chi connectivity index (χ0) is 27.8. The van der Waals surface area contributed by atoms with Crippen LogP contribution in [0.5, 0.6) is 0 Å². The molecule has 2 heterocycles. The Morgan fingerprint density at radius 1 is 1.23 bits per heavy atom. The highest BCUT2D eigenvalue weighted by Crippen LogP contribution is 2.21. The lowest BCUT2D eigenvalue weighted by molar-refractivity contribution is -0.0504. The maximum Gasteiger partial charge on any atom is 0.334 e. The zero-order valence-corrected chi connectivity index (χ0v) is 21.8. The van der Waals surface area contributed by atoms with Crippen molar-refractivity contribution in [3.8, 4) is 12.3 Å². The van der Waals surface area contributed by atoms with Gasteiger partial charge in [0.1, 0.15) is 11.6 Å². The average Bonchev–Trinajstić information content (AvgIpc) is 3.46. The van der Waals surface area contributed by atoms with Crippen molar-refractivity contribution >= 4 is 41.3 Å². The Labute approximate surface area is 230 Å². The Bertz CT molecular complexity index is 1400. The predicted octanol–water partition coefficient (Wildman–Crippen LogP) is 4.76. The number of amides is 3. The van der Waals surface area contributed by atoms with Gasteiger partial charge in [0.05, 0.1) is 25.1 Å². The minimum atomic E-state index is -0.919. The van der Waals surface area contributed by atoms with Crippen LogP contribution in [0.4, 0.5) is 20.7 Å². The van der Waals surface area contributed by atoms with E-state index in [0.29, 0.717) is 42.3 Å². The van der Waals surface area contributed by atoms with Gasteiger partial charge in [-0.1, -0.05) is 29.7 Å². The number of ether oxygens (including phenoxy) is 2. The first-order chi connectivity index (χ1) is 18.8. The van der Waals surface area contributed by atoms with E-state index in [4.69, 9.17) is 27.5 Å². The number of anilines is 2. The van der Waals surface area contributed by atoms with E-state index in [-0.39, 0.29) is 23.4 Å². The number of aromatic nitrogens is 1. The number of nitrogens with one attached hydrogen (secondary N) is 1. The highest BCUT2D eigenvalue weighted by atomic mass is 35.5. The number of rotatable bonds is 8. The summed E-state index contributed by atoms with van der Waals surface area (Å²) in [5, 5.41) is 8.73. The van der Waals surface area contributed by atoms with E-state index in [2.05, 4.69) is 21.3 Å². The molecule has 1 N–H and O–H groups in total. The molecule has 1 aliphatic heterocycles. The second kappa shape index (κ2) is 13.0. The summed E-state index contributed by atoms with van der Waals surface area (Å²) in [6.07, 6.45) is 8.64. The van der Waals surface area contributed by atoms with Crippen LogP contribution in [0.3, 0.4) is 0 Å². The van der Waals surface area contributed by atoms with Crippen molar-refractivity contribution in [1.82, 2.24) is 9.99 Å². The van der Waals surface area contributed by atoms with Crippen LogP contribution in [0.1, 0.15) is 27.9 Å². The molecule has 1 aliphatic rings. The SMILES string of the molecule is C#Cc1ccc(N(C(=O)Nc2ccc(C=NN(C)CCC3OCCO3)cc2F)C(=O)c2cccc(Cl)c2)nc1. The van der Waals surface area contributed by atoms with Crippen molar-refractivity contribution in [3.63, 3.8) is 0 Å². The second-order valence-corrected chi connectivity index (χ2v) is 8.89. The monoisotopic (exact) mass is 549 g/mol. The van der Waals surface area contributed by atoms with E-state index in [0.717, 1.165) is 4.90 Å². The molecule has 39 heavy (non-hydrogen) atoms. The highest BCUT2D eigenvalue weighted by Gasteiger charge is 2.27. The van der Waals surface area contributed by atoms with Gasteiger partial charge in [-0.15, -0.1) is 6.42 Å². The summed E-state index contributed by atoms with van der Waals surface area (Å²) in [4.78, 5) is 31.5. The smallest absolute Gasteiger partial charge is 0.334 e. The quantitative estimate of drug-likeness (QED) is 0.247. The first kappa shape index (κ1) is 27.7. The number of carbonyl (C=O) groups is 2. The molecule has 200 valence electrons. The minimum absolute atomic E-state index is 0.00271. The molecule has 0 bridgehead atoms. The lowest BCUT2D eigenvalue weighted by Gasteiger charge is -2.21. The Balaban J connectivity index is 1.49. The van der Waals surface area contributed by atoms with E-state index in [1.165, 1.54) is 48.8 Å². The molecule has 3 aromatic rings. The molecule has 4 rings (SSSR count). The van der Waals surface area contributed by atoms with Crippen LogP contribution in [0.2, 0.25) is 5.02 Å². The first-order valence-electron chi connectivity index (χ1n) is 12.0. The van der Waals surface area contributed by atoms with E-state index >= 15 is 0 Å². The summed E-state index contributed by atoms with van der Waals surface area (Å²) in [6, 6.07) is 12.3. The van der Waals surface area contributed by atoms with Crippen molar-refractivity contribution < 1.29 is 23.5 Å². The Morgan fingerprint density at radius 3 is 2.69 bits per heavy atom. The number of urea groups is 1. The van der Waals surface area contributed by atoms with Crippen molar-refractivity contribution in [1.29, 1.82) is 0 Å². The summed E-state index contributed by atoms with van der Waals surface area (Å²) < 4.78 is 25.7. The van der Waals surface area contributed by atoms with Crippen LogP contribution in [0.25, 0.3) is 0 Å². The molecule has 0 aliphatic carbocycles. The number of hydrazone groups is 1. The van der Waals surface area contributed by atoms with Gasteiger partial charge >= 0.3 is 6.03 Å². The van der Waals surface area contributed by atoms with Gasteiger partial charge < -0.3 is 14.8 Å². The third-order valence-corrected chi connectivity index (χ3v) is 5.87. The largest absolute Gasteiger partial charge is 0.350 e. The zero-order valence-electron chi connectivity index (χ0n) is 21.0. The molecule has 0 atom stereocenters. The molecule has 0 saturated carbocycles. The predicted molar refractivity (Wildman–Crippen MR) is 146 cm³/mol. The number of halogens is 2. The van der Waals surface area contributed by atoms with Gasteiger partial charge in [-0.3, -0.25) is 9.80 Å². The molecular weight excluding hydrogens is 525 g/mol. The number of imide groups is 1. The van der Waals surface area contributed by atoms with Gasteiger partial charge in [0.2, 0.25) is 0 Å². The number of pyridine rings is 1. The maximum atomic E-state index is 14.9. The summed E-state index contributed by atoms with van der Waals surface area (Å²) in [5.74, 6) is 0.993. The lowest BCUT2D eigenvalue weighted by atomic mass is 10.2. The highest BCUT2D eigenvalue weighted by molar-refractivity contribution is 6.31. The van der Waals surface area contributed by atoms with Gasteiger partial charge in [-0.25, -0.2) is 19.1 Å². The van der Waals surface area contributed by atoms with Gasteiger partial charge in [-0.2, -0.15) is 5.10 Å². The van der Waals surface area contributed by atoms with Gasteiger partial charge in [0.15, 0.2) is 6.29 Å². The number of hydrogen-bond donors (Lipinski definition) is 1. The van der Waals surface area contributed by atoms with Crippen LogP contribution >= 0.6 is 11.6 Å². The summed E-state index contributed by atoms with van der Waals surface area (Å²) >= 11 is 6.03. The normalized spacial score (nSPS) is 13.3. The van der Waals surface area contributed by atoms with E-state index in [1.54, 1.807) is 30.3 Å². The van der Waals surface area contributed by atoms with Crippen LogP contribution < -0.4 is 10.2 Å². The molecule has 11 heteroatoms. The van der Waals surface area contributed by atoms with E-state index in [9.17, 15) is 14.0 Å². The second-order valence-electron chi connectivity index (χ2n) is 8.46. The number of benzene rings is 2. The lowest BCUT2D eigenvalue weighted by Crippen LogP contribution is -2.41. The third kappa shape index (κ3) is 7.39. The van der Waals surface area contributed by atoms with Gasteiger partial charge in [-0.05, 0) is 48.0 Å². The van der Waals surface area contributed by atoms with Crippen LogP contribution in [0.15, 0.2) is 65.9 Å². The van der Waals surface area contributed by atoms with Crippen LogP contribution in [0, 0.1) is 18.2 Å². The van der Waals surface area contributed by atoms with E-state index in [1.807, 2.05) is 0 Å². The molecule has 1 aromatic heterocycles. The summed E-state index contributed by atoms with van der Waals surface area (Å²) in [5.41, 5.74) is 0.945. The standard InChI is InChI=1S/C28H25ClFN5O4/c1-3-19-8-10-25(31-17-19)35(27(36)21-5-4-6-22(29)16-21)28(37)33-24-9-7-20(15-23(24)30)18-32-34(2)12-11-26-38-13-14-39-26/h1,4-10,15-18,26H,11-14H2,2H3,(H,33,37).